The van der Waals surface area contributed by atoms with Crippen molar-refractivity contribution in [2.24, 2.45) is 0 Å². The zero-order valence-electron chi connectivity index (χ0n) is 14.6. The van der Waals surface area contributed by atoms with Gasteiger partial charge in [-0.15, -0.1) is 0 Å². The minimum absolute atomic E-state index is 0.109. The van der Waals surface area contributed by atoms with Crippen LogP contribution in [-0.4, -0.2) is 22.8 Å². The molecule has 1 aromatic heterocycles. The van der Waals surface area contributed by atoms with Gasteiger partial charge in [-0.2, -0.15) is 0 Å². The van der Waals surface area contributed by atoms with Gasteiger partial charge in [0.05, 0.1) is 10.2 Å². The lowest BCUT2D eigenvalue weighted by molar-refractivity contribution is 0.0938. The summed E-state index contributed by atoms with van der Waals surface area (Å²) in [6.07, 6.45) is 0.871. The number of carbonyl (C=O) groups is 2. The largest absolute Gasteiger partial charge is 0.399 e. The van der Waals surface area contributed by atoms with Gasteiger partial charge in [-0.3, -0.25) is 14.9 Å². The number of hydrogen-bond donors (Lipinski definition) is 3. The Kier molecular flexibility index (Phi) is 5.18. The second-order valence-electron chi connectivity index (χ2n) is 6.06. The molecule has 0 aliphatic carbocycles. The SMILES string of the molecule is CCC(C)NC(=O)c1ccc2nc(NC(=O)c3ccc(N)cc3)sc2c1. The molecule has 0 bridgehead atoms. The molecule has 0 radical (unpaired) electrons. The van der Waals surface area contributed by atoms with Crippen molar-refractivity contribution >= 4 is 44.2 Å². The molecular formula is C19H20N4O2S. The highest BCUT2D eigenvalue weighted by molar-refractivity contribution is 7.22. The van der Waals surface area contributed by atoms with Crippen LogP contribution in [0.4, 0.5) is 10.8 Å². The van der Waals surface area contributed by atoms with Crippen LogP contribution in [0, 0.1) is 0 Å². The number of rotatable bonds is 5. The lowest BCUT2D eigenvalue weighted by atomic mass is 10.2. The number of hydrogen-bond acceptors (Lipinski definition) is 5. The van der Waals surface area contributed by atoms with Gasteiger partial charge in [0.1, 0.15) is 0 Å². The van der Waals surface area contributed by atoms with E-state index in [0.29, 0.717) is 21.9 Å². The average molecular weight is 368 g/mol. The smallest absolute Gasteiger partial charge is 0.257 e. The summed E-state index contributed by atoms with van der Waals surface area (Å²) < 4.78 is 0.842. The number of fused-ring (bicyclic) bond motifs is 1. The molecule has 0 saturated heterocycles. The highest BCUT2D eigenvalue weighted by Crippen LogP contribution is 2.27. The van der Waals surface area contributed by atoms with E-state index in [9.17, 15) is 9.59 Å². The van der Waals surface area contributed by atoms with Crippen LogP contribution in [0.15, 0.2) is 42.5 Å². The predicted molar refractivity (Wildman–Crippen MR) is 106 cm³/mol. The van der Waals surface area contributed by atoms with Gasteiger partial charge in [-0.25, -0.2) is 4.98 Å². The number of benzene rings is 2. The van der Waals surface area contributed by atoms with Crippen molar-refractivity contribution in [1.29, 1.82) is 0 Å². The molecule has 1 atom stereocenters. The lowest BCUT2D eigenvalue weighted by Gasteiger charge is -2.10. The molecule has 4 N–H and O–H groups in total. The van der Waals surface area contributed by atoms with Gasteiger partial charge in [-0.1, -0.05) is 18.3 Å². The number of nitrogens with two attached hydrogens (primary N) is 1. The molecule has 0 aliphatic rings. The molecule has 7 heteroatoms. The van der Waals surface area contributed by atoms with Gasteiger partial charge >= 0.3 is 0 Å². The minimum atomic E-state index is -0.251. The van der Waals surface area contributed by atoms with Crippen LogP contribution in [0.3, 0.4) is 0 Å². The van der Waals surface area contributed by atoms with Gasteiger partial charge in [0.25, 0.3) is 11.8 Å². The van der Waals surface area contributed by atoms with E-state index in [0.717, 1.165) is 16.6 Å². The number of carbonyl (C=O) groups excluding carboxylic acids is 2. The number of anilines is 2. The second-order valence-corrected chi connectivity index (χ2v) is 7.09. The van der Waals surface area contributed by atoms with E-state index >= 15 is 0 Å². The first-order valence-corrected chi connectivity index (χ1v) is 9.16. The lowest BCUT2D eigenvalue weighted by Crippen LogP contribution is -2.31. The topological polar surface area (TPSA) is 97.1 Å². The Morgan fingerprint density at radius 2 is 1.81 bits per heavy atom. The Hall–Kier alpha value is -2.93. The monoisotopic (exact) mass is 368 g/mol. The molecule has 3 rings (SSSR count). The van der Waals surface area contributed by atoms with Crippen molar-refractivity contribution < 1.29 is 9.59 Å². The van der Waals surface area contributed by atoms with E-state index in [1.165, 1.54) is 11.3 Å². The molecule has 2 amide bonds. The fraction of sp³-hybridized carbons (Fsp3) is 0.211. The minimum Gasteiger partial charge on any atom is -0.399 e. The summed E-state index contributed by atoms with van der Waals surface area (Å²) in [5.74, 6) is -0.360. The average Bonchev–Trinajstić information content (AvgIpc) is 3.03. The van der Waals surface area contributed by atoms with Crippen LogP contribution >= 0.6 is 11.3 Å². The third-order valence-corrected chi connectivity index (χ3v) is 4.97. The van der Waals surface area contributed by atoms with Crippen LogP contribution in [0.1, 0.15) is 41.0 Å². The van der Waals surface area contributed by atoms with E-state index in [-0.39, 0.29) is 17.9 Å². The van der Waals surface area contributed by atoms with Crippen LogP contribution in [0.25, 0.3) is 10.2 Å². The zero-order valence-corrected chi connectivity index (χ0v) is 15.4. The molecule has 3 aromatic rings. The molecule has 134 valence electrons. The number of nitrogens with zero attached hydrogens (tertiary/aromatic N) is 1. The molecular weight excluding hydrogens is 348 g/mol. The number of nitrogens with one attached hydrogen (secondary N) is 2. The predicted octanol–water partition coefficient (Wildman–Crippen LogP) is 3.66. The quantitative estimate of drug-likeness (QED) is 0.599. The van der Waals surface area contributed by atoms with Gasteiger partial charge in [-0.05, 0) is 55.8 Å². The standard InChI is InChI=1S/C19H20N4O2S/c1-3-11(2)21-18(25)13-6-9-15-16(10-13)26-19(22-15)23-17(24)12-4-7-14(20)8-5-12/h4-11H,3,20H2,1-2H3,(H,21,25)(H,22,23,24). The molecule has 0 fully saturated rings. The second kappa shape index (κ2) is 7.53. The maximum atomic E-state index is 12.3. The molecule has 1 unspecified atom stereocenters. The van der Waals surface area contributed by atoms with Crippen molar-refractivity contribution in [2.45, 2.75) is 26.3 Å². The zero-order chi connectivity index (χ0) is 18.7. The highest BCUT2D eigenvalue weighted by Gasteiger charge is 2.13. The first-order valence-electron chi connectivity index (χ1n) is 8.34. The van der Waals surface area contributed by atoms with E-state index in [2.05, 4.69) is 15.6 Å². The number of aromatic nitrogens is 1. The van der Waals surface area contributed by atoms with Gasteiger partial charge in [0.15, 0.2) is 5.13 Å². The molecule has 2 aromatic carbocycles. The summed E-state index contributed by atoms with van der Waals surface area (Å²) in [5, 5.41) is 6.21. The van der Waals surface area contributed by atoms with Crippen LogP contribution in [0.5, 0.6) is 0 Å². The van der Waals surface area contributed by atoms with E-state index in [1.54, 1.807) is 42.5 Å². The number of nitrogen functional groups attached to an aromatic ring is 1. The first-order chi connectivity index (χ1) is 12.5. The Morgan fingerprint density at radius 1 is 1.12 bits per heavy atom. The van der Waals surface area contributed by atoms with Gasteiger partial charge in [0, 0.05) is 22.9 Å². The molecule has 0 spiro atoms. The summed E-state index contributed by atoms with van der Waals surface area (Å²) in [4.78, 5) is 28.9. The Morgan fingerprint density at radius 3 is 2.50 bits per heavy atom. The van der Waals surface area contributed by atoms with Crippen molar-refractivity contribution in [3.8, 4) is 0 Å². The molecule has 6 nitrogen and oxygen atoms in total. The van der Waals surface area contributed by atoms with E-state index < -0.39 is 0 Å². The Labute approximate surface area is 155 Å². The number of amides is 2. The summed E-state index contributed by atoms with van der Waals surface area (Å²) in [5.41, 5.74) is 8.06. The number of thiazole rings is 1. The highest BCUT2D eigenvalue weighted by atomic mass is 32.1. The van der Waals surface area contributed by atoms with Crippen molar-refractivity contribution in [2.75, 3.05) is 11.1 Å². The molecule has 0 aliphatic heterocycles. The molecule has 0 saturated carbocycles. The summed E-state index contributed by atoms with van der Waals surface area (Å²) in [7, 11) is 0. The van der Waals surface area contributed by atoms with E-state index in [1.807, 2.05) is 13.8 Å². The summed E-state index contributed by atoms with van der Waals surface area (Å²) in [6, 6.07) is 12.1. The van der Waals surface area contributed by atoms with Crippen molar-refractivity contribution in [3.05, 3.63) is 53.6 Å². The third-order valence-electron chi connectivity index (χ3n) is 4.03. The normalized spacial score (nSPS) is 11.9. The molecule has 26 heavy (non-hydrogen) atoms. The summed E-state index contributed by atoms with van der Waals surface area (Å²) >= 11 is 1.33. The van der Waals surface area contributed by atoms with Gasteiger partial charge in [0.2, 0.25) is 0 Å². The van der Waals surface area contributed by atoms with Crippen LogP contribution in [0.2, 0.25) is 0 Å². The summed E-state index contributed by atoms with van der Waals surface area (Å²) in [6.45, 7) is 3.99. The maximum Gasteiger partial charge on any atom is 0.257 e. The fourth-order valence-electron chi connectivity index (χ4n) is 2.33. The van der Waals surface area contributed by atoms with E-state index in [4.69, 9.17) is 5.73 Å². The maximum absolute atomic E-state index is 12.3. The third kappa shape index (κ3) is 4.00. The van der Waals surface area contributed by atoms with Crippen molar-refractivity contribution in [3.63, 3.8) is 0 Å². The fourth-order valence-corrected chi connectivity index (χ4v) is 3.23. The Bertz CT molecular complexity index is 950. The van der Waals surface area contributed by atoms with Crippen molar-refractivity contribution in [1.82, 2.24) is 10.3 Å². The van der Waals surface area contributed by atoms with Crippen LogP contribution in [-0.2, 0) is 0 Å². The first kappa shape index (κ1) is 17.9. The van der Waals surface area contributed by atoms with Crippen LogP contribution < -0.4 is 16.4 Å². The van der Waals surface area contributed by atoms with Gasteiger partial charge < -0.3 is 11.1 Å². The Balaban J connectivity index is 1.77. The molecule has 1 heterocycles.